The zero-order chi connectivity index (χ0) is 13.4. The zero-order valence-electron chi connectivity index (χ0n) is 10.7. The summed E-state index contributed by atoms with van der Waals surface area (Å²) in [7, 11) is 0. The number of carbonyl (C=O) groups is 2. The SMILES string of the molecule is CCC(=O)OC(C)CCOC(=O)c1ccccc1. The van der Waals surface area contributed by atoms with Gasteiger partial charge < -0.3 is 9.47 Å². The highest BCUT2D eigenvalue weighted by molar-refractivity contribution is 5.89. The smallest absolute Gasteiger partial charge is 0.338 e. The number of carbonyl (C=O) groups excluding carboxylic acids is 2. The predicted molar refractivity (Wildman–Crippen MR) is 67.2 cm³/mol. The lowest BCUT2D eigenvalue weighted by Gasteiger charge is -2.12. The third-order valence-electron chi connectivity index (χ3n) is 2.39. The Morgan fingerprint density at radius 2 is 1.89 bits per heavy atom. The van der Waals surface area contributed by atoms with Crippen molar-refractivity contribution in [2.75, 3.05) is 6.61 Å². The fourth-order valence-corrected chi connectivity index (χ4v) is 1.34. The second-order valence-electron chi connectivity index (χ2n) is 3.94. The number of benzene rings is 1. The molecule has 0 saturated carbocycles. The third kappa shape index (κ3) is 4.99. The van der Waals surface area contributed by atoms with Crippen LogP contribution in [0.4, 0.5) is 0 Å². The molecule has 0 aliphatic carbocycles. The van der Waals surface area contributed by atoms with E-state index in [1.54, 1.807) is 38.1 Å². The molecule has 0 aromatic heterocycles. The van der Waals surface area contributed by atoms with Crippen molar-refractivity contribution in [3.05, 3.63) is 35.9 Å². The largest absolute Gasteiger partial charge is 0.463 e. The zero-order valence-corrected chi connectivity index (χ0v) is 10.7. The highest BCUT2D eigenvalue weighted by Crippen LogP contribution is 2.04. The van der Waals surface area contributed by atoms with E-state index in [0.29, 0.717) is 18.4 Å². The van der Waals surface area contributed by atoms with Crippen molar-refractivity contribution in [3.8, 4) is 0 Å². The van der Waals surface area contributed by atoms with E-state index in [9.17, 15) is 9.59 Å². The maximum atomic E-state index is 11.6. The summed E-state index contributed by atoms with van der Waals surface area (Å²) in [5, 5.41) is 0. The van der Waals surface area contributed by atoms with Crippen LogP contribution in [0.5, 0.6) is 0 Å². The molecule has 1 aromatic rings. The maximum Gasteiger partial charge on any atom is 0.338 e. The van der Waals surface area contributed by atoms with Gasteiger partial charge in [0.15, 0.2) is 0 Å². The van der Waals surface area contributed by atoms with Crippen molar-refractivity contribution in [1.29, 1.82) is 0 Å². The van der Waals surface area contributed by atoms with Crippen LogP contribution >= 0.6 is 0 Å². The van der Waals surface area contributed by atoms with Crippen molar-refractivity contribution in [3.63, 3.8) is 0 Å². The minimum Gasteiger partial charge on any atom is -0.463 e. The Morgan fingerprint density at radius 3 is 2.50 bits per heavy atom. The molecule has 98 valence electrons. The molecule has 0 N–H and O–H groups in total. The number of hydrogen-bond acceptors (Lipinski definition) is 4. The minimum absolute atomic E-state index is 0.235. The number of hydrogen-bond donors (Lipinski definition) is 0. The van der Waals surface area contributed by atoms with Crippen molar-refractivity contribution < 1.29 is 19.1 Å². The van der Waals surface area contributed by atoms with Crippen LogP contribution in [0.25, 0.3) is 0 Å². The van der Waals surface area contributed by atoms with Gasteiger partial charge in [0, 0.05) is 12.8 Å². The molecule has 4 nitrogen and oxygen atoms in total. The summed E-state index contributed by atoms with van der Waals surface area (Å²) in [6.45, 7) is 3.76. The average Bonchev–Trinajstić information content (AvgIpc) is 2.39. The van der Waals surface area contributed by atoms with E-state index in [-0.39, 0.29) is 24.6 Å². The lowest BCUT2D eigenvalue weighted by atomic mass is 10.2. The van der Waals surface area contributed by atoms with Crippen LogP contribution in [0.15, 0.2) is 30.3 Å². The van der Waals surface area contributed by atoms with Gasteiger partial charge in [0.25, 0.3) is 0 Å². The summed E-state index contributed by atoms with van der Waals surface area (Å²) in [6, 6.07) is 8.79. The van der Waals surface area contributed by atoms with E-state index < -0.39 is 0 Å². The summed E-state index contributed by atoms with van der Waals surface area (Å²) < 4.78 is 10.1. The fraction of sp³-hybridized carbons (Fsp3) is 0.429. The van der Waals surface area contributed by atoms with Gasteiger partial charge in [-0.3, -0.25) is 4.79 Å². The highest BCUT2D eigenvalue weighted by Gasteiger charge is 2.10. The Hall–Kier alpha value is -1.84. The molecule has 1 rings (SSSR count). The van der Waals surface area contributed by atoms with Gasteiger partial charge in [0.2, 0.25) is 0 Å². The summed E-state index contributed by atoms with van der Waals surface area (Å²) in [5.41, 5.74) is 0.524. The predicted octanol–water partition coefficient (Wildman–Crippen LogP) is 2.58. The highest BCUT2D eigenvalue weighted by atomic mass is 16.6. The Morgan fingerprint density at radius 1 is 1.22 bits per heavy atom. The molecule has 0 aliphatic heterocycles. The van der Waals surface area contributed by atoms with Crippen LogP contribution in [0, 0.1) is 0 Å². The first-order valence-corrected chi connectivity index (χ1v) is 6.05. The molecular weight excluding hydrogens is 232 g/mol. The molecule has 4 heteroatoms. The summed E-state index contributed by atoms with van der Waals surface area (Å²) in [4.78, 5) is 22.6. The number of esters is 2. The van der Waals surface area contributed by atoms with Crippen LogP contribution in [0.2, 0.25) is 0 Å². The van der Waals surface area contributed by atoms with Crippen LogP contribution in [-0.4, -0.2) is 24.6 Å². The van der Waals surface area contributed by atoms with Gasteiger partial charge in [-0.2, -0.15) is 0 Å². The molecule has 0 heterocycles. The molecule has 1 atom stereocenters. The van der Waals surface area contributed by atoms with Crippen molar-refractivity contribution in [2.24, 2.45) is 0 Å². The molecular formula is C14H18O4. The van der Waals surface area contributed by atoms with Crippen molar-refractivity contribution in [2.45, 2.75) is 32.8 Å². The first-order valence-electron chi connectivity index (χ1n) is 6.05. The topological polar surface area (TPSA) is 52.6 Å². The molecule has 0 aliphatic rings. The molecule has 0 amide bonds. The molecule has 0 radical (unpaired) electrons. The van der Waals surface area contributed by atoms with E-state index in [2.05, 4.69) is 0 Å². The molecule has 0 bridgehead atoms. The summed E-state index contributed by atoms with van der Waals surface area (Å²) in [6.07, 6.45) is 0.624. The van der Waals surface area contributed by atoms with Crippen LogP contribution in [0.1, 0.15) is 37.0 Å². The van der Waals surface area contributed by atoms with Crippen LogP contribution < -0.4 is 0 Å². The molecule has 18 heavy (non-hydrogen) atoms. The maximum absolute atomic E-state index is 11.6. The van der Waals surface area contributed by atoms with Gasteiger partial charge in [0.1, 0.15) is 6.10 Å². The van der Waals surface area contributed by atoms with E-state index in [1.807, 2.05) is 6.07 Å². The average molecular weight is 250 g/mol. The molecule has 1 unspecified atom stereocenters. The number of ether oxygens (including phenoxy) is 2. The molecule has 1 aromatic carbocycles. The van der Waals surface area contributed by atoms with Gasteiger partial charge in [-0.15, -0.1) is 0 Å². The Bertz CT molecular complexity index is 386. The molecule has 0 fully saturated rings. The quantitative estimate of drug-likeness (QED) is 0.728. The van der Waals surface area contributed by atoms with E-state index in [0.717, 1.165) is 0 Å². The fourth-order valence-electron chi connectivity index (χ4n) is 1.34. The van der Waals surface area contributed by atoms with E-state index in [1.165, 1.54) is 0 Å². The second-order valence-corrected chi connectivity index (χ2v) is 3.94. The van der Waals surface area contributed by atoms with E-state index in [4.69, 9.17) is 9.47 Å². The summed E-state index contributed by atoms with van der Waals surface area (Å²) >= 11 is 0. The lowest BCUT2D eigenvalue weighted by Crippen LogP contribution is -2.17. The van der Waals surface area contributed by atoms with E-state index >= 15 is 0 Å². The van der Waals surface area contributed by atoms with Gasteiger partial charge in [0.05, 0.1) is 12.2 Å². The van der Waals surface area contributed by atoms with Gasteiger partial charge in [-0.05, 0) is 19.1 Å². The standard InChI is InChI=1S/C14H18O4/c1-3-13(15)18-11(2)9-10-17-14(16)12-7-5-4-6-8-12/h4-8,11H,3,9-10H2,1-2H3. The summed E-state index contributed by atoms with van der Waals surface area (Å²) in [5.74, 6) is -0.596. The minimum atomic E-state index is -0.357. The Labute approximate surface area is 107 Å². The first kappa shape index (κ1) is 14.2. The van der Waals surface area contributed by atoms with Crippen LogP contribution in [-0.2, 0) is 14.3 Å². The Balaban J connectivity index is 2.26. The second kappa shape index (κ2) is 7.48. The Kier molecular flexibility index (Phi) is 5.91. The third-order valence-corrected chi connectivity index (χ3v) is 2.39. The van der Waals surface area contributed by atoms with Gasteiger partial charge in [-0.25, -0.2) is 4.79 Å². The van der Waals surface area contributed by atoms with Gasteiger partial charge in [-0.1, -0.05) is 25.1 Å². The molecule has 0 saturated heterocycles. The van der Waals surface area contributed by atoms with Crippen molar-refractivity contribution >= 4 is 11.9 Å². The number of rotatable bonds is 6. The normalized spacial score (nSPS) is 11.7. The van der Waals surface area contributed by atoms with Gasteiger partial charge >= 0.3 is 11.9 Å². The monoisotopic (exact) mass is 250 g/mol. The molecule has 0 spiro atoms. The van der Waals surface area contributed by atoms with Crippen molar-refractivity contribution in [1.82, 2.24) is 0 Å². The van der Waals surface area contributed by atoms with Crippen LogP contribution in [0.3, 0.4) is 0 Å². The lowest BCUT2D eigenvalue weighted by molar-refractivity contribution is -0.148. The first-order chi connectivity index (χ1) is 8.63.